The topological polar surface area (TPSA) is 49.8 Å². The van der Waals surface area contributed by atoms with Gasteiger partial charge < -0.3 is 14.1 Å². The first kappa shape index (κ1) is 23.9. The Labute approximate surface area is 215 Å². The number of hydrogen-bond donors (Lipinski definition) is 1. The van der Waals surface area contributed by atoms with Gasteiger partial charge in [0.25, 0.3) is 0 Å². The number of allylic oxidation sites excluding steroid dienone is 3. The summed E-state index contributed by atoms with van der Waals surface area (Å²) in [4.78, 5) is 13.1. The van der Waals surface area contributed by atoms with E-state index in [0.717, 1.165) is 43.4 Å². The fraction of sp³-hybridized carbons (Fsp3) is 0.276. The number of fused-ring (bicyclic) bond motifs is 1. The Morgan fingerprint density at radius 2 is 1.83 bits per heavy atom. The highest BCUT2D eigenvalue weighted by atomic mass is 32.2. The monoisotopic (exact) mass is 503 g/mol. The van der Waals surface area contributed by atoms with Crippen LogP contribution in [0.5, 0.6) is 0 Å². The van der Waals surface area contributed by atoms with E-state index < -0.39 is 12.1 Å². The van der Waals surface area contributed by atoms with Crippen LogP contribution in [-0.2, 0) is 35.4 Å². The summed E-state index contributed by atoms with van der Waals surface area (Å²) in [6.07, 6.45) is 8.26. The van der Waals surface area contributed by atoms with E-state index in [2.05, 4.69) is 40.0 Å². The van der Waals surface area contributed by atoms with Gasteiger partial charge in [0, 0.05) is 17.9 Å². The molecule has 1 N–H and O–H groups in total. The summed E-state index contributed by atoms with van der Waals surface area (Å²) in [6.45, 7) is 1.30. The quantitative estimate of drug-likeness (QED) is 0.308. The highest BCUT2D eigenvalue weighted by Gasteiger charge is 2.23. The van der Waals surface area contributed by atoms with Gasteiger partial charge in [0.05, 0.1) is 6.61 Å². The molecule has 0 saturated heterocycles. The summed E-state index contributed by atoms with van der Waals surface area (Å²) < 4.78 is 8.17. The number of carboxylic acid groups (broad SMARTS) is 1. The number of anilines is 1. The molecule has 35 heavy (non-hydrogen) atoms. The van der Waals surface area contributed by atoms with Crippen molar-refractivity contribution in [1.82, 2.24) is 0 Å². The van der Waals surface area contributed by atoms with Gasteiger partial charge in [0.1, 0.15) is 5.00 Å². The van der Waals surface area contributed by atoms with Crippen LogP contribution in [0.4, 0.5) is 5.00 Å². The molecule has 1 unspecified atom stereocenters. The Bertz CT molecular complexity index is 1210. The van der Waals surface area contributed by atoms with Crippen LogP contribution in [-0.4, -0.2) is 23.7 Å². The third-order valence-electron chi connectivity index (χ3n) is 6.38. The molecule has 0 amide bonds. The van der Waals surface area contributed by atoms with Gasteiger partial charge in [0.15, 0.2) is 6.10 Å². The normalized spacial score (nSPS) is 15.6. The number of hydrogen-bond acceptors (Lipinski definition) is 5. The van der Waals surface area contributed by atoms with Crippen LogP contribution < -0.4 is 4.31 Å². The standard InChI is InChI=1S/C29H29NO3S2/c31-29(32)26(33-20-23-6-2-1-3-7-23)18-22-13-11-21(12-14-22)8-5-16-30-28-25(15-17-34-28)19-24-9-4-10-27(24)35-30/h1-4,6-7,10-15,17,26H,5,8-9,16,18-20H2,(H,31,32). The van der Waals surface area contributed by atoms with Gasteiger partial charge in [-0.15, -0.1) is 11.3 Å². The van der Waals surface area contributed by atoms with Crippen LogP contribution in [0, 0.1) is 0 Å². The third-order valence-corrected chi connectivity index (χ3v) is 8.69. The van der Waals surface area contributed by atoms with Crippen molar-refractivity contribution in [3.05, 3.63) is 111 Å². The van der Waals surface area contributed by atoms with Crippen molar-refractivity contribution in [2.75, 3.05) is 10.8 Å². The van der Waals surface area contributed by atoms with Crippen LogP contribution in [0.2, 0.25) is 0 Å². The van der Waals surface area contributed by atoms with Crippen molar-refractivity contribution >= 4 is 34.3 Å². The minimum absolute atomic E-state index is 0.296. The molecule has 2 heterocycles. The van der Waals surface area contributed by atoms with Gasteiger partial charge in [-0.2, -0.15) is 0 Å². The van der Waals surface area contributed by atoms with E-state index in [1.165, 1.54) is 21.0 Å². The van der Waals surface area contributed by atoms with Gasteiger partial charge in [0.2, 0.25) is 0 Å². The average Bonchev–Trinajstić information content (AvgIpc) is 3.50. The molecule has 0 bridgehead atoms. The van der Waals surface area contributed by atoms with E-state index in [-0.39, 0.29) is 0 Å². The van der Waals surface area contributed by atoms with Gasteiger partial charge >= 0.3 is 5.97 Å². The molecule has 1 atom stereocenters. The number of rotatable bonds is 10. The van der Waals surface area contributed by atoms with Crippen LogP contribution in [0.15, 0.2) is 88.7 Å². The molecule has 0 spiro atoms. The van der Waals surface area contributed by atoms with Gasteiger partial charge in [-0.1, -0.05) is 66.7 Å². The maximum absolute atomic E-state index is 11.7. The Morgan fingerprint density at radius 3 is 2.63 bits per heavy atom. The molecule has 2 aliphatic rings. The molecule has 0 fully saturated rings. The van der Waals surface area contributed by atoms with E-state index in [4.69, 9.17) is 4.74 Å². The molecule has 2 aromatic carbocycles. The Hall–Kier alpha value is -2.80. The van der Waals surface area contributed by atoms with Crippen LogP contribution in [0.3, 0.4) is 0 Å². The molecule has 0 saturated carbocycles. The lowest BCUT2D eigenvalue weighted by Gasteiger charge is -2.21. The van der Waals surface area contributed by atoms with Crippen LogP contribution in [0.1, 0.15) is 35.1 Å². The Morgan fingerprint density at radius 1 is 1.03 bits per heavy atom. The molecule has 1 aliphatic carbocycles. The molecule has 180 valence electrons. The first-order chi connectivity index (χ1) is 17.2. The van der Waals surface area contributed by atoms with Gasteiger partial charge in [-0.05, 0) is 76.9 Å². The number of aliphatic carboxylic acids is 1. The smallest absolute Gasteiger partial charge is 0.333 e. The fourth-order valence-electron chi connectivity index (χ4n) is 4.47. The van der Waals surface area contributed by atoms with Crippen LogP contribution >= 0.6 is 23.3 Å². The zero-order valence-corrected chi connectivity index (χ0v) is 21.2. The highest BCUT2D eigenvalue weighted by molar-refractivity contribution is 8.04. The molecule has 1 aliphatic heterocycles. The molecule has 1 aromatic heterocycles. The summed E-state index contributed by atoms with van der Waals surface area (Å²) in [7, 11) is 0. The van der Waals surface area contributed by atoms with Crippen molar-refractivity contribution in [2.45, 2.75) is 44.8 Å². The number of carboxylic acids is 1. The number of carbonyl (C=O) groups is 1. The largest absolute Gasteiger partial charge is 0.479 e. The summed E-state index contributed by atoms with van der Waals surface area (Å²) in [5.74, 6) is -0.928. The number of thiophene rings is 1. The van der Waals surface area contributed by atoms with E-state index in [1.54, 1.807) is 5.57 Å². The molecular formula is C29H29NO3S2. The fourth-order valence-corrected chi connectivity index (χ4v) is 6.67. The number of benzene rings is 2. The minimum Gasteiger partial charge on any atom is -0.479 e. The van der Waals surface area contributed by atoms with Crippen molar-refractivity contribution in [2.24, 2.45) is 0 Å². The lowest BCUT2D eigenvalue weighted by molar-refractivity contribution is -0.151. The zero-order chi connectivity index (χ0) is 24.0. The van der Waals surface area contributed by atoms with E-state index in [9.17, 15) is 9.90 Å². The van der Waals surface area contributed by atoms with E-state index >= 15 is 0 Å². The summed E-state index contributed by atoms with van der Waals surface area (Å²) in [6, 6.07) is 20.3. The predicted molar refractivity (Wildman–Crippen MR) is 145 cm³/mol. The first-order valence-corrected chi connectivity index (χ1v) is 13.7. The van der Waals surface area contributed by atoms with E-state index in [0.29, 0.717) is 13.0 Å². The second-order valence-electron chi connectivity index (χ2n) is 8.94. The second-order valence-corrected chi connectivity index (χ2v) is 10.9. The summed E-state index contributed by atoms with van der Waals surface area (Å²) in [5, 5.41) is 13.2. The van der Waals surface area contributed by atoms with Crippen molar-refractivity contribution in [1.29, 1.82) is 0 Å². The molecule has 0 radical (unpaired) electrons. The summed E-state index contributed by atoms with van der Waals surface area (Å²) in [5.41, 5.74) is 6.22. The lowest BCUT2D eigenvalue weighted by atomic mass is 10.0. The van der Waals surface area contributed by atoms with Crippen LogP contribution in [0.25, 0.3) is 0 Å². The molecular weight excluding hydrogens is 474 g/mol. The Kier molecular flexibility index (Phi) is 7.72. The first-order valence-electron chi connectivity index (χ1n) is 12.0. The number of ether oxygens (including phenoxy) is 1. The average molecular weight is 504 g/mol. The SMILES string of the molecule is O=C(O)C(Cc1ccc(CCCN2SC3=C(CC=C3)Cc3ccsc32)cc1)OCc1ccccc1. The van der Waals surface area contributed by atoms with Gasteiger partial charge in [-0.3, -0.25) is 0 Å². The zero-order valence-electron chi connectivity index (χ0n) is 19.6. The maximum Gasteiger partial charge on any atom is 0.333 e. The van der Waals surface area contributed by atoms with Gasteiger partial charge in [-0.25, -0.2) is 4.79 Å². The molecule has 5 rings (SSSR count). The maximum atomic E-state index is 11.7. The summed E-state index contributed by atoms with van der Waals surface area (Å²) >= 11 is 3.73. The molecule has 6 heteroatoms. The number of nitrogens with zero attached hydrogens (tertiary/aromatic N) is 1. The van der Waals surface area contributed by atoms with E-state index in [1.807, 2.05) is 65.7 Å². The van der Waals surface area contributed by atoms with Crippen molar-refractivity contribution in [3.63, 3.8) is 0 Å². The van der Waals surface area contributed by atoms with Crippen molar-refractivity contribution in [3.8, 4) is 0 Å². The second kappa shape index (κ2) is 11.3. The van der Waals surface area contributed by atoms with Crippen molar-refractivity contribution < 1.29 is 14.6 Å². The Balaban J connectivity index is 1.14. The molecule has 3 aromatic rings. The highest BCUT2D eigenvalue weighted by Crippen LogP contribution is 2.44. The predicted octanol–water partition coefficient (Wildman–Crippen LogP) is 6.82. The molecule has 4 nitrogen and oxygen atoms in total. The lowest BCUT2D eigenvalue weighted by Crippen LogP contribution is -2.26. The number of aryl methyl sites for hydroxylation is 1. The third kappa shape index (κ3) is 6.07. The minimum atomic E-state index is -0.928.